The summed E-state index contributed by atoms with van der Waals surface area (Å²) in [6.07, 6.45) is 3.63. The average molecular weight is 725 g/mol. The third-order valence-electron chi connectivity index (χ3n) is 9.68. The molecular weight excluding hydrogens is 689 g/mol. The molecule has 4 nitrogen and oxygen atoms in total. The Bertz CT molecular complexity index is 2470. The van der Waals surface area contributed by atoms with Gasteiger partial charge in [-0.15, -0.1) is 11.3 Å². The van der Waals surface area contributed by atoms with E-state index in [0.29, 0.717) is 0 Å². The SMILES string of the molecule is c1ccc(-c2ccc(-c3ccc(-c4ccc(-c5ccc(-c6ccc(-c7ccccc7)cc6)cc5Nc5ccccn5)s4)c(Nc4ccccn4)c3)cc2)cc1. The van der Waals surface area contributed by atoms with E-state index < -0.39 is 0 Å². The lowest BCUT2D eigenvalue weighted by Crippen LogP contribution is -1.96. The van der Waals surface area contributed by atoms with E-state index in [4.69, 9.17) is 0 Å². The fourth-order valence-electron chi connectivity index (χ4n) is 6.83. The summed E-state index contributed by atoms with van der Waals surface area (Å²) in [6, 6.07) is 68.1. The monoisotopic (exact) mass is 724 g/mol. The summed E-state index contributed by atoms with van der Waals surface area (Å²) in [5.74, 6) is 1.60. The number of hydrogen-bond donors (Lipinski definition) is 2. The number of anilines is 4. The summed E-state index contributed by atoms with van der Waals surface area (Å²) >= 11 is 1.77. The summed E-state index contributed by atoms with van der Waals surface area (Å²) in [7, 11) is 0. The van der Waals surface area contributed by atoms with Crippen molar-refractivity contribution in [2.75, 3.05) is 10.6 Å². The Labute approximate surface area is 325 Å². The van der Waals surface area contributed by atoms with E-state index >= 15 is 0 Å². The molecule has 2 N–H and O–H groups in total. The standard InChI is InChI=1S/C50H36N4S/c1-3-11-35(12-4-1)37-17-21-39(22-18-37)41-25-27-43(45(33-41)53-49-15-7-9-31-51-49)47-29-30-48(55-47)44-28-26-42(34-46(44)54-50-16-8-10-32-52-50)40-23-19-38(20-24-40)36-13-5-2-6-14-36/h1-34H,(H,51,53)(H,52,54). The van der Waals surface area contributed by atoms with Gasteiger partial charge in [-0.05, 0) is 93.0 Å². The van der Waals surface area contributed by atoms with Crippen molar-refractivity contribution >= 4 is 34.3 Å². The topological polar surface area (TPSA) is 49.8 Å². The molecule has 9 aromatic rings. The molecule has 0 radical (unpaired) electrons. The van der Waals surface area contributed by atoms with Crippen LogP contribution in [0.3, 0.4) is 0 Å². The number of thiophene rings is 1. The molecule has 3 aromatic heterocycles. The Morgan fingerprint density at radius 2 is 0.655 bits per heavy atom. The van der Waals surface area contributed by atoms with Crippen molar-refractivity contribution in [2.24, 2.45) is 0 Å². The zero-order chi connectivity index (χ0) is 36.8. The molecule has 0 spiro atoms. The van der Waals surface area contributed by atoms with Crippen LogP contribution < -0.4 is 10.6 Å². The summed E-state index contributed by atoms with van der Waals surface area (Å²) in [4.78, 5) is 11.5. The summed E-state index contributed by atoms with van der Waals surface area (Å²) in [5, 5.41) is 7.25. The first-order valence-electron chi connectivity index (χ1n) is 18.3. The van der Waals surface area contributed by atoms with Gasteiger partial charge in [0, 0.05) is 44.6 Å². The van der Waals surface area contributed by atoms with E-state index in [1.807, 2.05) is 60.9 Å². The second-order valence-corrected chi connectivity index (χ2v) is 14.3. The van der Waals surface area contributed by atoms with Gasteiger partial charge in [0.25, 0.3) is 0 Å². The van der Waals surface area contributed by atoms with Gasteiger partial charge in [0.15, 0.2) is 0 Å². The summed E-state index contributed by atoms with van der Waals surface area (Å²) in [6.45, 7) is 0. The number of nitrogens with zero attached hydrogens (tertiary/aromatic N) is 2. The highest BCUT2D eigenvalue weighted by atomic mass is 32.1. The van der Waals surface area contributed by atoms with Crippen LogP contribution >= 0.6 is 11.3 Å². The van der Waals surface area contributed by atoms with Gasteiger partial charge in [-0.1, -0.05) is 146 Å². The fourth-order valence-corrected chi connectivity index (χ4v) is 7.92. The van der Waals surface area contributed by atoms with Gasteiger partial charge in [0.1, 0.15) is 11.6 Å². The predicted molar refractivity (Wildman–Crippen MR) is 232 cm³/mol. The Morgan fingerprint density at radius 1 is 0.309 bits per heavy atom. The maximum atomic E-state index is 4.59. The fraction of sp³-hybridized carbons (Fsp3) is 0. The summed E-state index contributed by atoms with van der Waals surface area (Å²) in [5.41, 5.74) is 13.6. The van der Waals surface area contributed by atoms with Crippen molar-refractivity contribution in [1.29, 1.82) is 0 Å². The molecule has 0 unspecified atom stereocenters. The average Bonchev–Trinajstić information content (AvgIpc) is 3.75. The molecule has 9 rings (SSSR count). The van der Waals surface area contributed by atoms with E-state index in [1.54, 1.807) is 11.3 Å². The molecule has 55 heavy (non-hydrogen) atoms. The van der Waals surface area contributed by atoms with Crippen LogP contribution in [-0.4, -0.2) is 9.97 Å². The highest BCUT2D eigenvalue weighted by molar-refractivity contribution is 7.19. The number of benzene rings is 6. The Morgan fingerprint density at radius 3 is 1.04 bits per heavy atom. The first kappa shape index (κ1) is 33.7. The minimum atomic E-state index is 0.798. The maximum Gasteiger partial charge on any atom is 0.130 e. The van der Waals surface area contributed by atoms with Crippen LogP contribution in [-0.2, 0) is 0 Å². The third-order valence-corrected chi connectivity index (χ3v) is 10.8. The molecular formula is C50H36N4S. The lowest BCUT2D eigenvalue weighted by Gasteiger charge is -2.14. The van der Waals surface area contributed by atoms with Crippen LogP contribution in [0.25, 0.3) is 65.4 Å². The van der Waals surface area contributed by atoms with Gasteiger partial charge in [0.2, 0.25) is 0 Å². The quantitative estimate of drug-likeness (QED) is 0.147. The van der Waals surface area contributed by atoms with Gasteiger partial charge < -0.3 is 10.6 Å². The molecule has 5 heteroatoms. The lowest BCUT2D eigenvalue weighted by atomic mass is 9.98. The molecule has 0 fully saturated rings. The van der Waals surface area contributed by atoms with Crippen LogP contribution in [0.15, 0.2) is 207 Å². The highest BCUT2D eigenvalue weighted by Gasteiger charge is 2.16. The molecule has 0 aliphatic rings. The Kier molecular flexibility index (Phi) is 9.50. The van der Waals surface area contributed by atoms with Gasteiger partial charge in [-0.25, -0.2) is 9.97 Å². The van der Waals surface area contributed by atoms with E-state index in [0.717, 1.165) is 66.1 Å². The van der Waals surface area contributed by atoms with Crippen LogP contribution in [0.5, 0.6) is 0 Å². The van der Waals surface area contributed by atoms with E-state index in [9.17, 15) is 0 Å². The van der Waals surface area contributed by atoms with E-state index in [2.05, 4.69) is 166 Å². The van der Waals surface area contributed by atoms with Crippen LogP contribution in [0.1, 0.15) is 0 Å². The van der Waals surface area contributed by atoms with Crippen molar-refractivity contribution in [3.63, 3.8) is 0 Å². The molecule has 0 amide bonds. The van der Waals surface area contributed by atoms with Crippen LogP contribution in [0.2, 0.25) is 0 Å². The zero-order valence-corrected chi connectivity index (χ0v) is 30.7. The Balaban J connectivity index is 1.06. The highest BCUT2D eigenvalue weighted by Crippen LogP contribution is 2.43. The van der Waals surface area contributed by atoms with Crippen molar-refractivity contribution in [3.8, 4) is 65.4 Å². The first-order chi connectivity index (χ1) is 27.2. The van der Waals surface area contributed by atoms with Crippen molar-refractivity contribution in [2.45, 2.75) is 0 Å². The number of pyridine rings is 2. The molecule has 0 bridgehead atoms. The maximum absolute atomic E-state index is 4.59. The number of aromatic nitrogens is 2. The smallest absolute Gasteiger partial charge is 0.130 e. The molecule has 0 saturated carbocycles. The van der Waals surface area contributed by atoms with Gasteiger partial charge in [0.05, 0.1) is 0 Å². The largest absolute Gasteiger partial charge is 0.340 e. The first-order valence-corrected chi connectivity index (χ1v) is 19.1. The number of nitrogens with one attached hydrogen (secondary N) is 2. The third kappa shape index (κ3) is 7.56. The van der Waals surface area contributed by atoms with Crippen LogP contribution in [0, 0.1) is 0 Å². The molecule has 0 atom stereocenters. The second-order valence-electron chi connectivity index (χ2n) is 13.3. The molecule has 6 aromatic carbocycles. The van der Waals surface area contributed by atoms with Gasteiger partial charge in [-0.2, -0.15) is 0 Å². The van der Waals surface area contributed by atoms with Gasteiger partial charge in [-0.3, -0.25) is 0 Å². The molecule has 3 heterocycles. The minimum absolute atomic E-state index is 0.798. The van der Waals surface area contributed by atoms with Crippen molar-refractivity contribution < 1.29 is 0 Å². The van der Waals surface area contributed by atoms with Crippen LogP contribution in [0.4, 0.5) is 23.0 Å². The van der Waals surface area contributed by atoms with Crippen molar-refractivity contribution in [3.05, 3.63) is 207 Å². The number of hydrogen-bond acceptors (Lipinski definition) is 5. The second kappa shape index (κ2) is 15.5. The number of rotatable bonds is 10. The summed E-state index contributed by atoms with van der Waals surface area (Å²) < 4.78 is 0. The zero-order valence-electron chi connectivity index (χ0n) is 29.9. The Hall–Kier alpha value is -7.08. The molecule has 0 aliphatic carbocycles. The molecule has 0 saturated heterocycles. The van der Waals surface area contributed by atoms with E-state index in [1.165, 1.54) is 22.3 Å². The molecule has 0 aliphatic heterocycles. The predicted octanol–water partition coefficient (Wildman–Crippen LogP) is 14.0. The molecule has 262 valence electrons. The lowest BCUT2D eigenvalue weighted by molar-refractivity contribution is 1.31. The normalized spacial score (nSPS) is 10.9. The minimum Gasteiger partial charge on any atom is -0.340 e. The van der Waals surface area contributed by atoms with E-state index in [-0.39, 0.29) is 0 Å². The van der Waals surface area contributed by atoms with Crippen molar-refractivity contribution in [1.82, 2.24) is 9.97 Å². The van der Waals surface area contributed by atoms with Gasteiger partial charge >= 0.3 is 0 Å².